The van der Waals surface area contributed by atoms with Crippen LogP contribution in [0.25, 0.3) is 49.5 Å². The van der Waals surface area contributed by atoms with Gasteiger partial charge in [-0.1, -0.05) is 103 Å². The van der Waals surface area contributed by atoms with E-state index in [1.807, 2.05) is 60.7 Å². The zero-order valence-corrected chi connectivity index (χ0v) is 28.3. The van der Waals surface area contributed by atoms with Crippen molar-refractivity contribution >= 4 is 32.5 Å². The number of nitrogens with zero attached hydrogens (tertiary/aromatic N) is 3. The number of benzene rings is 4. The van der Waals surface area contributed by atoms with Crippen molar-refractivity contribution in [2.45, 2.75) is 46.4 Å². The number of aryl methyl sites for hydroxylation is 1. The molecule has 0 atom stereocenters. The van der Waals surface area contributed by atoms with Gasteiger partial charge in [-0.3, -0.25) is 16.3 Å². The summed E-state index contributed by atoms with van der Waals surface area (Å²) in [6, 6.07) is 37.0. The second-order valence-electron chi connectivity index (χ2n) is 11.1. The average molecular weight is 773 g/mol. The largest absolute Gasteiger partial charge is 0.333 e. The molecule has 3 nitrogen and oxygen atoms in total. The molecule has 0 aliphatic rings. The predicted molar refractivity (Wildman–Crippen MR) is 182 cm³/mol. The Morgan fingerprint density at radius 2 is 1.57 bits per heavy atom. The standard InChI is InChI=1S/C28H27N2S.C11H8N.Ir/c1-17(2)20-9-8-10-21(18(3)4)27(20)30-25-12-7-6-11-24(25)29-28(30)23-16-31-26-15-19(5)13-14-22(23)26;1-2-6-10(7-3-1)11-8-4-5-9-12-11;/h6-15,17-18H,1-5H3;1-6,8-9H;/q2*-1;/i5D3;;. The van der Waals surface area contributed by atoms with E-state index in [1.54, 1.807) is 18.3 Å². The van der Waals surface area contributed by atoms with E-state index < -0.39 is 6.85 Å². The number of aromatic nitrogens is 3. The van der Waals surface area contributed by atoms with Gasteiger partial charge in [0, 0.05) is 36.1 Å². The first-order valence-corrected chi connectivity index (χ1v) is 15.4. The van der Waals surface area contributed by atoms with Gasteiger partial charge in [-0.25, -0.2) is 0 Å². The van der Waals surface area contributed by atoms with E-state index in [0.717, 1.165) is 43.8 Å². The van der Waals surface area contributed by atoms with Crippen molar-refractivity contribution in [1.82, 2.24) is 14.5 Å². The molecule has 44 heavy (non-hydrogen) atoms. The zero-order valence-electron chi connectivity index (χ0n) is 28.1. The maximum Gasteiger partial charge on any atom is 0.0774 e. The van der Waals surface area contributed by atoms with Crippen LogP contribution >= 0.6 is 11.3 Å². The number of imidazole rings is 1. The van der Waals surface area contributed by atoms with Crippen LogP contribution < -0.4 is 0 Å². The monoisotopic (exact) mass is 773 g/mol. The summed E-state index contributed by atoms with van der Waals surface area (Å²) in [6.45, 7) is 6.77. The van der Waals surface area contributed by atoms with Crippen molar-refractivity contribution in [3.63, 3.8) is 0 Å². The fourth-order valence-electron chi connectivity index (χ4n) is 5.41. The molecule has 1 radical (unpaired) electrons. The predicted octanol–water partition coefficient (Wildman–Crippen LogP) is 10.8. The summed E-state index contributed by atoms with van der Waals surface area (Å²) in [4.78, 5) is 9.30. The third-order valence-corrected chi connectivity index (χ3v) is 8.38. The van der Waals surface area contributed by atoms with E-state index in [-0.39, 0.29) is 20.1 Å². The Balaban J connectivity index is 0.000000280. The molecule has 0 aliphatic carbocycles. The third kappa shape index (κ3) is 6.32. The summed E-state index contributed by atoms with van der Waals surface area (Å²) in [5, 5.41) is 4.43. The maximum atomic E-state index is 7.78. The minimum atomic E-state index is -2.13. The Morgan fingerprint density at radius 3 is 2.25 bits per heavy atom. The number of thiophene rings is 1. The molecule has 7 rings (SSSR count). The van der Waals surface area contributed by atoms with E-state index in [1.165, 1.54) is 28.2 Å². The van der Waals surface area contributed by atoms with Crippen molar-refractivity contribution in [2.75, 3.05) is 0 Å². The van der Waals surface area contributed by atoms with Gasteiger partial charge in [0.1, 0.15) is 0 Å². The van der Waals surface area contributed by atoms with Crippen molar-refractivity contribution in [1.29, 1.82) is 0 Å². The summed E-state index contributed by atoms with van der Waals surface area (Å²) < 4.78 is 26.5. The molecule has 0 bridgehead atoms. The van der Waals surface area contributed by atoms with Gasteiger partial charge in [0.25, 0.3) is 0 Å². The Bertz CT molecular complexity index is 2040. The summed E-state index contributed by atoms with van der Waals surface area (Å²) in [7, 11) is 0. The Kier molecular flexibility index (Phi) is 8.68. The second kappa shape index (κ2) is 13.8. The molecule has 0 N–H and O–H groups in total. The van der Waals surface area contributed by atoms with Gasteiger partial charge in [-0.15, -0.1) is 47.3 Å². The van der Waals surface area contributed by atoms with Crippen LogP contribution in [0.5, 0.6) is 0 Å². The molecule has 0 saturated heterocycles. The average Bonchev–Trinajstić information content (AvgIpc) is 3.66. The van der Waals surface area contributed by atoms with Crippen LogP contribution in [0.3, 0.4) is 0 Å². The Hall–Kier alpha value is -3.89. The number of hydrogen-bond acceptors (Lipinski definition) is 3. The fourth-order valence-corrected chi connectivity index (χ4v) is 6.28. The summed E-state index contributed by atoms with van der Waals surface area (Å²) in [5.41, 5.74) is 8.99. The first-order valence-electron chi connectivity index (χ1n) is 16.1. The van der Waals surface area contributed by atoms with Crippen LogP contribution in [0.1, 0.15) is 60.3 Å². The van der Waals surface area contributed by atoms with Crippen molar-refractivity contribution in [3.8, 4) is 28.3 Å². The van der Waals surface area contributed by atoms with Crippen LogP contribution in [0.4, 0.5) is 0 Å². The van der Waals surface area contributed by atoms with E-state index in [4.69, 9.17) is 9.10 Å². The van der Waals surface area contributed by atoms with Crippen molar-refractivity contribution in [3.05, 3.63) is 137 Å². The van der Waals surface area contributed by atoms with Gasteiger partial charge in [0.05, 0.1) is 16.9 Å². The SMILES string of the molecule is [2H]C([2H])([2H])c1ccc2c(-c3nc4ccccc4n3-c3c(C(C)C)cccc3C(C)C)[c-]sc2c1.[Ir].[c-]1ccccc1-c1ccccn1. The van der Waals surface area contributed by atoms with Gasteiger partial charge in [0.15, 0.2) is 0 Å². The van der Waals surface area contributed by atoms with Gasteiger partial charge in [-0.2, -0.15) is 0 Å². The summed E-state index contributed by atoms with van der Waals surface area (Å²) in [6.07, 6.45) is 1.79. The summed E-state index contributed by atoms with van der Waals surface area (Å²) >= 11 is 1.45. The number of para-hydroxylation sites is 3. The topological polar surface area (TPSA) is 30.7 Å². The van der Waals surface area contributed by atoms with Crippen LogP contribution in [-0.2, 0) is 20.1 Å². The number of rotatable bonds is 5. The molecule has 0 saturated carbocycles. The quantitative estimate of drug-likeness (QED) is 0.163. The first-order chi connectivity index (χ1) is 22.1. The molecule has 7 aromatic rings. The van der Waals surface area contributed by atoms with Crippen LogP contribution in [0.2, 0.25) is 0 Å². The number of fused-ring (bicyclic) bond motifs is 2. The molecule has 3 aromatic heterocycles. The fraction of sp³-hybridized carbons (Fsp3) is 0.179. The molecule has 0 unspecified atom stereocenters. The number of hydrogen-bond donors (Lipinski definition) is 0. The first kappa shape index (κ1) is 27.6. The molecule has 0 aliphatic heterocycles. The van der Waals surface area contributed by atoms with Gasteiger partial charge in [0.2, 0.25) is 0 Å². The van der Waals surface area contributed by atoms with Gasteiger partial charge < -0.3 is 9.55 Å². The molecule has 0 spiro atoms. The van der Waals surface area contributed by atoms with Gasteiger partial charge in [-0.05, 0) is 53.7 Å². The molecule has 4 aromatic carbocycles. The Labute approximate surface area is 282 Å². The maximum absolute atomic E-state index is 7.78. The van der Waals surface area contributed by atoms with Crippen LogP contribution in [0.15, 0.2) is 109 Å². The zero-order chi connectivity index (χ0) is 32.4. The minimum absolute atomic E-state index is 0. The van der Waals surface area contributed by atoms with Crippen LogP contribution in [0, 0.1) is 18.3 Å². The molecular weight excluding hydrogens is 735 g/mol. The molecule has 223 valence electrons. The van der Waals surface area contributed by atoms with E-state index in [0.29, 0.717) is 17.4 Å². The van der Waals surface area contributed by atoms with E-state index in [2.05, 4.69) is 79.0 Å². The molecule has 5 heteroatoms. The molecule has 0 fully saturated rings. The number of pyridine rings is 1. The van der Waals surface area contributed by atoms with Gasteiger partial charge >= 0.3 is 0 Å². The Morgan fingerprint density at radius 1 is 0.818 bits per heavy atom. The van der Waals surface area contributed by atoms with Crippen molar-refractivity contribution in [2.24, 2.45) is 0 Å². The second-order valence-corrected chi connectivity index (χ2v) is 12.0. The van der Waals surface area contributed by atoms with Crippen LogP contribution in [-0.4, -0.2) is 14.5 Å². The molecule has 0 amide bonds. The van der Waals surface area contributed by atoms with E-state index >= 15 is 0 Å². The van der Waals surface area contributed by atoms with Crippen molar-refractivity contribution < 1.29 is 24.2 Å². The molecular formula is C39H35IrN3S-2. The summed E-state index contributed by atoms with van der Waals surface area (Å²) in [5.74, 6) is 1.52. The smallest absolute Gasteiger partial charge is 0.0774 e. The normalized spacial score (nSPS) is 12.4. The molecule has 3 heterocycles. The minimum Gasteiger partial charge on any atom is -0.333 e. The third-order valence-electron chi connectivity index (χ3n) is 7.51. The van der Waals surface area contributed by atoms with E-state index in [9.17, 15) is 0 Å².